The monoisotopic (exact) mass is 379 g/mol. The number of benzene rings is 2. The predicted octanol–water partition coefficient (Wildman–Crippen LogP) is 4.24. The van der Waals surface area contributed by atoms with Crippen molar-refractivity contribution in [3.8, 4) is 0 Å². The molecule has 2 aromatic carbocycles. The number of para-hydroxylation sites is 1. The highest BCUT2D eigenvalue weighted by atomic mass is 35.5. The van der Waals surface area contributed by atoms with Gasteiger partial charge in [0.1, 0.15) is 0 Å². The Morgan fingerprint density at radius 3 is 2.35 bits per heavy atom. The van der Waals surface area contributed by atoms with E-state index in [2.05, 4.69) is 5.32 Å². The van der Waals surface area contributed by atoms with Crippen molar-refractivity contribution in [2.75, 3.05) is 5.32 Å². The third-order valence-electron chi connectivity index (χ3n) is 2.87. The number of halogens is 4. The summed E-state index contributed by atoms with van der Waals surface area (Å²) in [6, 6.07) is 9.17. The molecular formula is C14H9Cl2F2NO3S. The molecule has 0 unspecified atom stereocenters. The highest BCUT2D eigenvalue weighted by Crippen LogP contribution is 2.29. The van der Waals surface area contributed by atoms with Crippen LogP contribution in [-0.2, 0) is 9.84 Å². The van der Waals surface area contributed by atoms with Crippen molar-refractivity contribution in [1.29, 1.82) is 0 Å². The topological polar surface area (TPSA) is 63.2 Å². The Kier molecular flexibility index (Phi) is 5.23. The molecule has 0 aromatic heterocycles. The molecule has 0 fully saturated rings. The SMILES string of the molecule is O=C(Nc1ccccc1S(=O)(=O)C(F)F)c1cccc(Cl)c1Cl. The Morgan fingerprint density at radius 1 is 1.04 bits per heavy atom. The number of sulfone groups is 1. The van der Waals surface area contributed by atoms with Gasteiger partial charge in [0.2, 0.25) is 9.84 Å². The highest BCUT2D eigenvalue weighted by Gasteiger charge is 2.29. The molecule has 0 aliphatic rings. The van der Waals surface area contributed by atoms with E-state index in [9.17, 15) is 22.0 Å². The molecule has 0 saturated carbocycles. The van der Waals surface area contributed by atoms with Crippen molar-refractivity contribution in [3.63, 3.8) is 0 Å². The summed E-state index contributed by atoms with van der Waals surface area (Å²) >= 11 is 11.7. The Balaban J connectivity index is 2.42. The minimum atomic E-state index is -4.86. The van der Waals surface area contributed by atoms with Crippen LogP contribution in [0.2, 0.25) is 10.0 Å². The van der Waals surface area contributed by atoms with E-state index >= 15 is 0 Å². The molecule has 1 N–H and O–H groups in total. The fourth-order valence-electron chi connectivity index (χ4n) is 1.78. The molecule has 0 aliphatic carbocycles. The molecule has 122 valence electrons. The Morgan fingerprint density at radius 2 is 1.70 bits per heavy atom. The van der Waals surface area contributed by atoms with Crippen molar-refractivity contribution in [2.45, 2.75) is 10.7 Å². The smallest absolute Gasteiger partial charge is 0.321 e. The standard InChI is InChI=1S/C14H9Cl2F2NO3S/c15-9-5-3-4-8(12(9)16)13(20)19-10-6-1-2-7-11(10)23(21,22)14(17)18/h1-7,14H,(H,19,20). The molecule has 0 atom stereocenters. The van der Waals surface area contributed by atoms with Crippen LogP contribution in [0.3, 0.4) is 0 Å². The van der Waals surface area contributed by atoms with Gasteiger partial charge in [0.05, 0.1) is 26.2 Å². The van der Waals surface area contributed by atoms with E-state index in [0.29, 0.717) is 0 Å². The molecule has 0 aliphatic heterocycles. The second-order valence-corrected chi connectivity index (χ2v) is 7.03. The summed E-state index contributed by atoms with van der Waals surface area (Å²) in [5.41, 5.74) is -0.280. The molecule has 9 heteroatoms. The second-order valence-electron chi connectivity index (χ2n) is 4.36. The summed E-state index contributed by atoms with van der Waals surface area (Å²) in [6.07, 6.45) is 0. The van der Waals surface area contributed by atoms with Gasteiger partial charge in [0.25, 0.3) is 5.91 Å². The van der Waals surface area contributed by atoms with Gasteiger partial charge in [-0.15, -0.1) is 0 Å². The van der Waals surface area contributed by atoms with Gasteiger partial charge in [0.15, 0.2) is 0 Å². The van der Waals surface area contributed by atoms with Crippen molar-refractivity contribution >= 4 is 44.6 Å². The molecule has 0 heterocycles. The fraction of sp³-hybridized carbons (Fsp3) is 0.0714. The fourth-order valence-corrected chi connectivity index (χ4v) is 3.05. The number of hydrogen-bond acceptors (Lipinski definition) is 3. The summed E-state index contributed by atoms with van der Waals surface area (Å²) < 4.78 is 48.7. The molecule has 0 radical (unpaired) electrons. The number of amides is 1. The first kappa shape index (κ1) is 17.7. The number of alkyl halides is 2. The minimum Gasteiger partial charge on any atom is -0.321 e. The Bertz CT molecular complexity index is 857. The van der Waals surface area contributed by atoms with Crippen LogP contribution in [-0.4, -0.2) is 20.1 Å². The van der Waals surface area contributed by atoms with E-state index in [1.165, 1.54) is 36.4 Å². The van der Waals surface area contributed by atoms with Crippen LogP contribution in [0.25, 0.3) is 0 Å². The molecule has 0 bridgehead atoms. The molecule has 0 spiro atoms. The average Bonchev–Trinajstić information content (AvgIpc) is 2.50. The third kappa shape index (κ3) is 3.63. The lowest BCUT2D eigenvalue weighted by Crippen LogP contribution is -2.18. The normalized spacial score (nSPS) is 11.5. The summed E-state index contributed by atoms with van der Waals surface area (Å²) in [5, 5.41) is 2.37. The summed E-state index contributed by atoms with van der Waals surface area (Å²) in [6.45, 7) is 0. The highest BCUT2D eigenvalue weighted by molar-refractivity contribution is 7.91. The maximum atomic E-state index is 12.7. The Hall–Kier alpha value is -1.70. The zero-order valence-electron chi connectivity index (χ0n) is 11.3. The summed E-state index contributed by atoms with van der Waals surface area (Å²) in [5.74, 6) is -4.37. The first-order valence-electron chi connectivity index (χ1n) is 6.11. The van der Waals surface area contributed by atoms with Crippen molar-refractivity contribution < 1.29 is 22.0 Å². The lowest BCUT2D eigenvalue weighted by Gasteiger charge is -2.12. The van der Waals surface area contributed by atoms with Crippen molar-refractivity contribution in [3.05, 3.63) is 58.1 Å². The van der Waals surface area contributed by atoms with Gasteiger partial charge in [-0.1, -0.05) is 41.4 Å². The van der Waals surface area contributed by atoms with Gasteiger partial charge in [-0.05, 0) is 24.3 Å². The van der Waals surface area contributed by atoms with Crippen LogP contribution in [0.4, 0.5) is 14.5 Å². The number of nitrogens with one attached hydrogen (secondary N) is 1. The average molecular weight is 380 g/mol. The molecule has 4 nitrogen and oxygen atoms in total. The number of rotatable bonds is 4. The largest absolute Gasteiger partial charge is 0.341 e. The predicted molar refractivity (Wildman–Crippen MR) is 84.0 cm³/mol. The van der Waals surface area contributed by atoms with Crippen LogP contribution >= 0.6 is 23.2 Å². The zero-order valence-corrected chi connectivity index (χ0v) is 13.6. The Labute approximate surface area is 140 Å². The third-order valence-corrected chi connectivity index (χ3v) is 5.13. The number of carbonyl (C=O) groups is 1. The maximum Gasteiger partial charge on any atom is 0.341 e. The van der Waals surface area contributed by atoms with Crippen molar-refractivity contribution in [1.82, 2.24) is 0 Å². The maximum absolute atomic E-state index is 12.7. The number of carbonyl (C=O) groups excluding carboxylic acids is 1. The molecular weight excluding hydrogens is 371 g/mol. The number of anilines is 1. The summed E-state index contributed by atoms with van der Waals surface area (Å²) in [4.78, 5) is 11.5. The van der Waals surface area contributed by atoms with Crippen LogP contribution in [0.15, 0.2) is 47.4 Å². The van der Waals surface area contributed by atoms with Crippen molar-refractivity contribution in [2.24, 2.45) is 0 Å². The van der Waals surface area contributed by atoms with Gasteiger partial charge in [-0.25, -0.2) is 8.42 Å². The lowest BCUT2D eigenvalue weighted by atomic mass is 10.2. The van der Waals surface area contributed by atoms with E-state index < -0.39 is 26.4 Å². The van der Waals surface area contributed by atoms with Gasteiger partial charge in [0, 0.05) is 0 Å². The van der Waals surface area contributed by atoms with Crippen LogP contribution in [0.1, 0.15) is 10.4 Å². The van der Waals surface area contributed by atoms with Gasteiger partial charge in [-0.3, -0.25) is 4.79 Å². The molecule has 0 saturated heterocycles. The van der Waals surface area contributed by atoms with E-state index in [-0.39, 0.29) is 21.3 Å². The first-order chi connectivity index (χ1) is 10.7. The first-order valence-corrected chi connectivity index (χ1v) is 8.42. The quantitative estimate of drug-likeness (QED) is 0.863. The summed E-state index contributed by atoms with van der Waals surface area (Å²) in [7, 11) is -4.86. The van der Waals surface area contributed by atoms with Crippen LogP contribution < -0.4 is 5.32 Å². The lowest BCUT2D eigenvalue weighted by molar-refractivity contribution is 0.102. The van der Waals surface area contributed by atoms with Gasteiger partial charge < -0.3 is 5.32 Å². The minimum absolute atomic E-state index is 0.0107. The van der Waals surface area contributed by atoms with Gasteiger partial charge in [-0.2, -0.15) is 8.78 Å². The molecule has 23 heavy (non-hydrogen) atoms. The second kappa shape index (κ2) is 6.82. The van der Waals surface area contributed by atoms with E-state index in [0.717, 1.165) is 6.07 Å². The van der Waals surface area contributed by atoms with Crippen LogP contribution in [0.5, 0.6) is 0 Å². The van der Waals surface area contributed by atoms with E-state index in [1.54, 1.807) is 0 Å². The zero-order chi connectivity index (χ0) is 17.2. The number of hydrogen-bond donors (Lipinski definition) is 1. The molecule has 2 rings (SSSR count). The molecule has 1 amide bonds. The molecule has 2 aromatic rings. The van der Waals surface area contributed by atoms with E-state index in [4.69, 9.17) is 23.2 Å². The van der Waals surface area contributed by atoms with Crippen LogP contribution in [0, 0.1) is 0 Å². The van der Waals surface area contributed by atoms with E-state index in [1.807, 2.05) is 0 Å². The van der Waals surface area contributed by atoms with Gasteiger partial charge >= 0.3 is 5.76 Å².